The van der Waals surface area contributed by atoms with E-state index >= 15 is 0 Å². The lowest BCUT2D eigenvalue weighted by atomic mass is 10.2. The molecule has 0 bridgehead atoms. The lowest BCUT2D eigenvalue weighted by molar-refractivity contribution is 0.584. The summed E-state index contributed by atoms with van der Waals surface area (Å²) in [5.74, 6) is 0.590. The van der Waals surface area contributed by atoms with E-state index in [0.717, 1.165) is 44.0 Å². The molecule has 0 aliphatic carbocycles. The van der Waals surface area contributed by atoms with Gasteiger partial charge in [-0.1, -0.05) is 6.92 Å². The molecule has 0 aromatic carbocycles. The largest absolute Gasteiger partial charge is 0.363 e. The molecule has 1 saturated heterocycles. The van der Waals surface area contributed by atoms with Crippen molar-refractivity contribution < 1.29 is 0 Å². The van der Waals surface area contributed by atoms with Gasteiger partial charge in [0.2, 0.25) is 5.78 Å². The Morgan fingerprint density at radius 2 is 2.16 bits per heavy atom. The molecule has 0 atom stereocenters. The quantitative estimate of drug-likeness (QED) is 0.855. The molecule has 1 aliphatic rings. The van der Waals surface area contributed by atoms with Gasteiger partial charge in [-0.05, 0) is 22.4 Å². The fourth-order valence-corrected chi connectivity index (χ4v) is 2.94. The molecule has 3 heterocycles. The van der Waals surface area contributed by atoms with E-state index in [0.29, 0.717) is 10.4 Å². The number of anilines is 1. The van der Waals surface area contributed by atoms with Crippen LogP contribution in [-0.4, -0.2) is 40.5 Å². The van der Waals surface area contributed by atoms with Crippen LogP contribution in [0.2, 0.25) is 0 Å². The number of hydrogen-bond acceptors (Lipinski definition) is 4. The molecular weight excluding hydrogens is 310 g/mol. The highest BCUT2D eigenvalue weighted by atomic mass is 79.9. The minimum atomic E-state index is -0.00289. The first kappa shape index (κ1) is 12.7. The third kappa shape index (κ3) is 2.06. The van der Waals surface area contributed by atoms with E-state index in [1.54, 1.807) is 10.6 Å². The maximum Gasteiger partial charge on any atom is 0.283 e. The number of nitrogens with zero attached hydrogens (tertiary/aromatic N) is 3. The van der Waals surface area contributed by atoms with E-state index in [-0.39, 0.29) is 5.56 Å². The predicted molar refractivity (Wildman–Crippen MR) is 78.0 cm³/mol. The van der Waals surface area contributed by atoms with Gasteiger partial charge in [0, 0.05) is 32.4 Å². The Bertz CT molecular complexity index is 656. The van der Waals surface area contributed by atoms with Crippen molar-refractivity contribution in [2.24, 2.45) is 0 Å². The maximum absolute atomic E-state index is 12.7. The molecule has 0 spiro atoms. The van der Waals surface area contributed by atoms with Crippen molar-refractivity contribution >= 4 is 27.4 Å². The maximum atomic E-state index is 12.7. The summed E-state index contributed by atoms with van der Waals surface area (Å²) in [5, 5.41) is 3.30. The van der Waals surface area contributed by atoms with Crippen molar-refractivity contribution in [2.75, 3.05) is 31.1 Å². The third-order valence-electron chi connectivity index (χ3n) is 3.43. The summed E-state index contributed by atoms with van der Waals surface area (Å²) < 4.78 is 2.29. The molecule has 2 aromatic rings. The summed E-state index contributed by atoms with van der Waals surface area (Å²) in [6.07, 6.45) is 2.49. The molecule has 2 N–H and O–H groups in total. The number of aromatic amines is 1. The molecule has 0 saturated carbocycles. The number of nitrogens with one attached hydrogen (secondary N) is 2. The average Bonchev–Trinajstić information content (AvgIpc) is 2.81. The van der Waals surface area contributed by atoms with Crippen molar-refractivity contribution in [3.8, 4) is 0 Å². The summed E-state index contributed by atoms with van der Waals surface area (Å²) in [4.78, 5) is 22.4. The second kappa shape index (κ2) is 4.97. The third-order valence-corrected chi connectivity index (χ3v) is 4.02. The van der Waals surface area contributed by atoms with Gasteiger partial charge in [0.15, 0.2) is 0 Å². The summed E-state index contributed by atoms with van der Waals surface area (Å²) >= 11 is 3.38. The number of aromatic nitrogens is 3. The van der Waals surface area contributed by atoms with E-state index in [4.69, 9.17) is 0 Å². The first-order chi connectivity index (χ1) is 9.22. The Balaban J connectivity index is 2.22. The molecule has 6 nitrogen and oxygen atoms in total. The van der Waals surface area contributed by atoms with E-state index in [2.05, 4.69) is 36.1 Å². The molecule has 7 heteroatoms. The molecule has 0 amide bonds. The zero-order valence-corrected chi connectivity index (χ0v) is 12.3. The highest BCUT2D eigenvalue weighted by Crippen LogP contribution is 2.18. The predicted octanol–water partition coefficient (Wildman–Crippen LogP) is 0.757. The first-order valence-corrected chi connectivity index (χ1v) is 7.26. The lowest BCUT2D eigenvalue weighted by Crippen LogP contribution is -2.46. The van der Waals surface area contributed by atoms with Gasteiger partial charge in [-0.2, -0.15) is 0 Å². The SMILES string of the molecule is CCc1nc2[nH]cc(Br)n2c(=O)c1N1CCNCC1. The van der Waals surface area contributed by atoms with Crippen LogP contribution in [0.3, 0.4) is 0 Å². The molecule has 102 valence electrons. The Kier molecular flexibility index (Phi) is 3.32. The molecule has 3 rings (SSSR count). The van der Waals surface area contributed by atoms with Gasteiger partial charge in [0.1, 0.15) is 10.3 Å². The van der Waals surface area contributed by atoms with Crippen LogP contribution < -0.4 is 15.8 Å². The second-order valence-corrected chi connectivity index (χ2v) is 5.39. The van der Waals surface area contributed by atoms with Crippen LogP contribution in [0.1, 0.15) is 12.6 Å². The number of H-pyrrole nitrogens is 1. The van der Waals surface area contributed by atoms with Crippen molar-refractivity contribution in [3.05, 3.63) is 26.8 Å². The Morgan fingerprint density at radius 3 is 2.84 bits per heavy atom. The number of rotatable bonds is 2. The van der Waals surface area contributed by atoms with Crippen molar-refractivity contribution in [3.63, 3.8) is 0 Å². The first-order valence-electron chi connectivity index (χ1n) is 6.46. The summed E-state index contributed by atoms with van der Waals surface area (Å²) in [6, 6.07) is 0. The number of imidazole rings is 1. The van der Waals surface area contributed by atoms with Gasteiger partial charge in [-0.15, -0.1) is 0 Å². The molecule has 0 unspecified atom stereocenters. The summed E-state index contributed by atoms with van der Waals surface area (Å²) in [7, 11) is 0. The van der Waals surface area contributed by atoms with Crippen molar-refractivity contribution in [2.45, 2.75) is 13.3 Å². The number of aryl methyl sites for hydroxylation is 1. The van der Waals surface area contributed by atoms with Crippen LogP contribution in [0.15, 0.2) is 15.6 Å². The second-order valence-electron chi connectivity index (χ2n) is 4.57. The van der Waals surface area contributed by atoms with Gasteiger partial charge in [0.05, 0.1) is 5.69 Å². The molecule has 1 aliphatic heterocycles. The van der Waals surface area contributed by atoms with Crippen LogP contribution >= 0.6 is 15.9 Å². The number of piperazine rings is 1. The lowest BCUT2D eigenvalue weighted by Gasteiger charge is -2.29. The average molecular weight is 326 g/mol. The normalized spacial score (nSPS) is 16.2. The topological polar surface area (TPSA) is 65.4 Å². The zero-order valence-electron chi connectivity index (χ0n) is 10.7. The van der Waals surface area contributed by atoms with Gasteiger partial charge in [-0.25, -0.2) is 9.38 Å². The molecule has 1 fully saturated rings. The van der Waals surface area contributed by atoms with Crippen LogP contribution in [0, 0.1) is 0 Å². The Labute approximate surface area is 119 Å². The minimum Gasteiger partial charge on any atom is -0.363 e. The smallest absolute Gasteiger partial charge is 0.283 e. The number of fused-ring (bicyclic) bond motifs is 1. The monoisotopic (exact) mass is 325 g/mol. The van der Waals surface area contributed by atoms with E-state index in [9.17, 15) is 4.79 Å². The molecule has 2 aromatic heterocycles. The van der Waals surface area contributed by atoms with E-state index in [1.807, 2.05) is 6.92 Å². The highest BCUT2D eigenvalue weighted by Gasteiger charge is 2.21. The van der Waals surface area contributed by atoms with Crippen LogP contribution in [0.25, 0.3) is 5.78 Å². The molecule has 0 radical (unpaired) electrons. The highest BCUT2D eigenvalue weighted by molar-refractivity contribution is 9.10. The van der Waals surface area contributed by atoms with E-state index < -0.39 is 0 Å². The van der Waals surface area contributed by atoms with Gasteiger partial charge < -0.3 is 15.2 Å². The van der Waals surface area contributed by atoms with Gasteiger partial charge >= 0.3 is 0 Å². The van der Waals surface area contributed by atoms with Crippen molar-refractivity contribution in [1.82, 2.24) is 19.7 Å². The standard InChI is InChI=1S/C12H16BrN5O/c1-2-8-10(17-5-3-14-4-6-17)11(19)18-9(13)7-15-12(18)16-8/h7,14H,2-6H2,1H3,(H,15,16). The Morgan fingerprint density at radius 1 is 1.42 bits per heavy atom. The van der Waals surface area contributed by atoms with Crippen LogP contribution in [-0.2, 0) is 6.42 Å². The fraction of sp³-hybridized carbons (Fsp3) is 0.500. The van der Waals surface area contributed by atoms with Crippen molar-refractivity contribution in [1.29, 1.82) is 0 Å². The zero-order chi connectivity index (χ0) is 13.4. The van der Waals surface area contributed by atoms with E-state index in [1.165, 1.54) is 0 Å². The van der Waals surface area contributed by atoms with Gasteiger partial charge in [0.25, 0.3) is 5.56 Å². The summed E-state index contributed by atoms with van der Waals surface area (Å²) in [6.45, 7) is 5.53. The number of halogens is 1. The van der Waals surface area contributed by atoms with Gasteiger partial charge in [-0.3, -0.25) is 4.79 Å². The number of hydrogen-bond donors (Lipinski definition) is 2. The van der Waals surface area contributed by atoms with Crippen LogP contribution in [0.4, 0.5) is 5.69 Å². The minimum absolute atomic E-state index is 0.00289. The summed E-state index contributed by atoms with van der Waals surface area (Å²) in [5.41, 5.74) is 1.60. The molecule has 19 heavy (non-hydrogen) atoms. The van der Waals surface area contributed by atoms with Crippen LogP contribution in [0.5, 0.6) is 0 Å². The molecular formula is C12H16BrN5O. The fourth-order valence-electron chi connectivity index (χ4n) is 2.49. The Hall–Kier alpha value is -1.34.